The Labute approximate surface area is 260 Å². The molecule has 14 nitrogen and oxygen atoms in total. The predicted octanol–water partition coefficient (Wildman–Crippen LogP) is 0.670. The van der Waals surface area contributed by atoms with E-state index in [0.29, 0.717) is 27.0 Å². The number of benzene rings is 1. The Balaban J connectivity index is 1.25. The first-order chi connectivity index (χ1) is 20.6. The molecular formula is C25H23N7O7S4. The van der Waals surface area contributed by atoms with Crippen molar-refractivity contribution in [2.24, 2.45) is 4.99 Å². The number of carboxylic acids is 1. The monoisotopic (exact) mass is 661 g/mol. The number of carbonyl (C=O) groups excluding carboxylic acids is 5. The van der Waals surface area contributed by atoms with Gasteiger partial charge in [0.25, 0.3) is 11.8 Å². The number of amidine groups is 1. The summed E-state index contributed by atoms with van der Waals surface area (Å²) in [7, 11) is 0. The Morgan fingerprint density at radius 2 is 1.93 bits per heavy atom. The maximum absolute atomic E-state index is 13.5. The van der Waals surface area contributed by atoms with Gasteiger partial charge in [0.05, 0.1) is 5.75 Å². The third kappa shape index (κ3) is 7.09. The van der Waals surface area contributed by atoms with Crippen LogP contribution in [0.1, 0.15) is 23.0 Å². The molecule has 2 unspecified atom stereocenters. The lowest BCUT2D eigenvalue weighted by Gasteiger charge is -2.49. The van der Waals surface area contributed by atoms with Gasteiger partial charge in [0, 0.05) is 11.5 Å². The summed E-state index contributed by atoms with van der Waals surface area (Å²) in [6.45, 7) is 1.82. The fourth-order valence-corrected chi connectivity index (χ4v) is 8.35. The minimum Gasteiger partial charge on any atom is -0.477 e. The zero-order chi connectivity index (χ0) is 30.7. The molecule has 18 heteroatoms. The molecule has 0 radical (unpaired) electrons. The van der Waals surface area contributed by atoms with E-state index < -0.39 is 53.0 Å². The molecule has 3 aliphatic rings. The molecule has 3 aliphatic heterocycles. The molecule has 1 aromatic carbocycles. The van der Waals surface area contributed by atoms with Gasteiger partial charge in [0.15, 0.2) is 9.51 Å². The Bertz CT molecular complexity index is 1560. The first kappa shape index (κ1) is 30.7. The maximum atomic E-state index is 13.5. The number of aliphatic carboxylic acids is 1. The summed E-state index contributed by atoms with van der Waals surface area (Å²) >= 11 is 4.91. The predicted molar refractivity (Wildman–Crippen MR) is 160 cm³/mol. The number of thioether (sulfide) groups is 3. The van der Waals surface area contributed by atoms with Crippen LogP contribution in [0.3, 0.4) is 0 Å². The van der Waals surface area contributed by atoms with Gasteiger partial charge >= 0.3 is 5.97 Å². The highest BCUT2D eigenvalue weighted by molar-refractivity contribution is 8.14. The van der Waals surface area contributed by atoms with Crippen LogP contribution in [-0.4, -0.2) is 89.6 Å². The number of hydrogen-bond donors (Lipinski definition) is 4. The smallest absolute Gasteiger partial charge is 0.352 e. The molecule has 4 N–H and O–H groups in total. The van der Waals surface area contributed by atoms with Crippen LogP contribution in [-0.2, 0) is 28.8 Å². The molecule has 0 bridgehead atoms. The number of hydrogen-bond acceptors (Lipinski definition) is 12. The lowest BCUT2D eigenvalue weighted by Crippen LogP contribution is -2.71. The normalized spacial score (nSPS) is 20.4. The number of fused-ring (bicyclic) bond motifs is 1. The second-order valence-corrected chi connectivity index (χ2v) is 13.7. The largest absolute Gasteiger partial charge is 0.477 e. The highest BCUT2D eigenvalue weighted by Gasteiger charge is 2.54. The molecule has 0 saturated carbocycles. The summed E-state index contributed by atoms with van der Waals surface area (Å²) in [6.07, 6.45) is -0.364. The van der Waals surface area contributed by atoms with Gasteiger partial charge in [0.2, 0.25) is 17.7 Å². The zero-order valence-electron chi connectivity index (χ0n) is 22.3. The fraction of sp³-hybridized carbons (Fsp3) is 0.320. The van der Waals surface area contributed by atoms with Crippen LogP contribution < -0.4 is 16.0 Å². The van der Waals surface area contributed by atoms with Crippen molar-refractivity contribution < 1.29 is 33.9 Å². The van der Waals surface area contributed by atoms with Crippen molar-refractivity contribution in [2.75, 3.05) is 17.3 Å². The van der Waals surface area contributed by atoms with Crippen molar-refractivity contribution in [3.63, 3.8) is 0 Å². The van der Waals surface area contributed by atoms with Crippen molar-refractivity contribution in [3.8, 4) is 0 Å². The standard InChI is InChI=1S/C25H23N7O7S4/c1-11-30-31-25(43-11)42-9-13-8-40-22-18(21(37)32(22)19(13)23(38)39)29-20(36)17(12-5-3-2-4-6-12)26-16(35)10-41-24-27-14(33)7-15(34)28-24/h2-6,17-18,22H,7-10H2,1H3,(H,26,35)(H,29,36)(H,38,39)(H,27,28,33,34)/t17?,18?,22-/m1/s1. The number of rotatable bonds is 10. The van der Waals surface area contributed by atoms with Crippen molar-refractivity contribution in [3.05, 3.63) is 52.2 Å². The van der Waals surface area contributed by atoms with Gasteiger partial charge in [-0.05, 0) is 18.1 Å². The van der Waals surface area contributed by atoms with E-state index in [2.05, 4.69) is 31.1 Å². The van der Waals surface area contributed by atoms with Crippen LogP contribution >= 0.6 is 46.6 Å². The number of nitrogens with one attached hydrogen (secondary N) is 3. The van der Waals surface area contributed by atoms with E-state index >= 15 is 0 Å². The van der Waals surface area contributed by atoms with Gasteiger partial charge in [-0.1, -0.05) is 65.2 Å². The van der Waals surface area contributed by atoms with Gasteiger partial charge in [-0.2, -0.15) is 4.99 Å². The molecule has 0 spiro atoms. The average molecular weight is 662 g/mol. The Kier molecular flexibility index (Phi) is 9.48. The third-order valence-electron chi connectivity index (χ3n) is 6.25. The van der Waals surface area contributed by atoms with Crippen LogP contribution in [0, 0.1) is 6.92 Å². The van der Waals surface area contributed by atoms with Crippen molar-refractivity contribution in [2.45, 2.75) is 35.1 Å². The number of carbonyl (C=O) groups is 6. The SMILES string of the molecule is Cc1nnc(SCC2=C(C(=O)O)N3C(=O)C(NC(=O)C(NC(=O)CSC4=NC(=O)CC(=O)N4)c4ccccc4)[C@H]3SC2)s1. The van der Waals surface area contributed by atoms with Crippen molar-refractivity contribution in [1.82, 2.24) is 31.0 Å². The van der Waals surface area contributed by atoms with Gasteiger partial charge in [0.1, 0.15) is 34.6 Å². The zero-order valence-corrected chi connectivity index (χ0v) is 25.5. The van der Waals surface area contributed by atoms with Gasteiger partial charge in [-0.15, -0.1) is 22.0 Å². The van der Waals surface area contributed by atoms with Crippen LogP contribution in [0.15, 0.2) is 50.9 Å². The third-order valence-corrected chi connectivity index (χ3v) is 10.5. The lowest BCUT2D eigenvalue weighted by molar-refractivity contribution is -0.151. The quantitative estimate of drug-likeness (QED) is 0.158. The van der Waals surface area contributed by atoms with E-state index in [4.69, 9.17) is 0 Å². The number of amides is 5. The van der Waals surface area contributed by atoms with Crippen molar-refractivity contribution >= 4 is 87.3 Å². The number of aryl methyl sites for hydroxylation is 1. The average Bonchev–Trinajstić information content (AvgIpc) is 3.40. The highest BCUT2D eigenvalue weighted by atomic mass is 32.2. The summed E-state index contributed by atoms with van der Waals surface area (Å²) in [6, 6.07) is 6.22. The molecule has 1 fully saturated rings. The Morgan fingerprint density at radius 1 is 1.16 bits per heavy atom. The minimum absolute atomic E-state index is 0.00918. The second kappa shape index (κ2) is 13.3. The Morgan fingerprint density at radius 3 is 2.60 bits per heavy atom. The molecule has 4 heterocycles. The summed E-state index contributed by atoms with van der Waals surface area (Å²) in [5.74, 6) is -3.78. The number of carboxylic acid groups (broad SMARTS) is 1. The van der Waals surface area contributed by atoms with Crippen LogP contribution in [0.5, 0.6) is 0 Å². The summed E-state index contributed by atoms with van der Waals surface area (Å²) < 4.78 is 0.694. The summed E-state index contributed by atoms with van der Waals surface area (Å²) in [4.78, 5) is 79.6. The van der Waals surface area contributed by atoms with Crippen LogP contribution in [0.2, 0.25) is 0 Å². The topological polar surface area (TPSA) is 200 Å². The fourth-order valence-electron chi connectivity index (χ4n) is 4.35. The molecule has 1 aromatic heterocycles. The number of nitrogens with zero attached hydrogens (tertiary/aromatic N) is 4. The molecular weight excluding hydrogens is 639 g/mol. The summed E-state index contributed by atoms with van der Waals surface area (Å²) in [5.41, 5.74) is 0.917. The van der Waals surface area contributed by atoms with E-state index in [1.807, 2.05) is 6.92 Å². The molecule has 224 valence electrons. The van der Waals surface area contributed by atoms with E-state index in [1.54, 1.807) is 30.3 Å². The van der Waals surface area contributed by atoms with E-state index in [9.17, 15) is 33.9 Å². The molecule has 1 saturated heterocycles. The van der Waals surface area contributed by atoms with Crippen LogP contribution in [0.25, 0.3) is 0 Å². The highest BCUT2D eigenvalue weighted by Crippen LogP contribution is 2.42. The summed E-state index contributed by atoms with van der Waals surface area (Å²) in [5, 5.41) is 25.8. The molecule has 43 heavy (non-hydrogen) atoms. The first-order valence-electron chi connectivity index (χ1n) is 12.6. The maximum Gasteiger partial charge on any atom is 0.352 e. The van der Waals surface area contributed by atoms with Crippen LogP contribution in [0.4, 0.5) is 0 Å². The van der Waals surface area contributed by atoms with E-state index in [1.165, 1.54) is 39.8 Å². The van der Waals surface area contributed by atoms with Gasteiger partial charge < -0.3 is 21.1 Å². The van der Waals surface area contributed by atoms with Crippen molar-refractivity contribution in [1.29, 1.82) is 0 Å². The number of aliphatic imine (C=N–C) groups is 1. The molecule has 5 rings (SSSR count). The molecule has 5 amide bonds. The van der Waals surface area contributed by atoms with E-state index in [-0.39, 0.29) is 23.0 Å². The van der Waals surface area contributed by atoms with Gasteiger partial charge in [-0.3, -0.25) is 28.9 Å². The van der Waals surface area contributed by atoms with Gasteiger partial charge in [-0.25, -0.2) is 4.79 Å². The Hall–Kier alpha value is -3.74. The molecule has 0 aliphatic carbocycles. The van der Waals surface area contributed by atoms with E-state index in [0.717, 1.165) is 16.8 Å². The first-order valence-corrected chi connectivity index (χ1v) is 16.5. The minimum atomic E-state index is -1.24. The number of aromatic nitrogens is 2. The lowest BCUT2D eigenvalue weighted by atomic mass is 10.0. The molecule has 2 aromatic rings. The molecule has 3 atom stereocenters. The number of β-lactam (4-membered cyclic amide) rings is 1. The second-order valence-electron chi connectivity index (χ2n) is 9.26.